The highest BCUT2D eigenvalue weighted by Crippen LogP contribution is 2.20. The average molecular weight is 291 g/mol. The number of carbonyl (C=O) groups is 1. The van der Waals surface area contributed by atoms with E-state index in [1.165, 1.54) is 18.2 Å². The van der Waals surface area contributed by atoms with Gasteiger partial charge in [0.15, 0.2) is 0 Å². The lowest BCUT2D eigenvalue weighted by atomic mass is 10.1. The van der Waals surface area contributed by atoms with E-state index in [2.05, 4.69) is 0 Å². The number of nitriles is 1. The van der Waals surface area contributed by atoms with Crippen LogP contribution in [-0.4, -0.2) is 29.4 Å². The van der Waals surface area contributed by atoms with Crippen LogP contribution in [0.25, 0.3) is 0 Å². The second-order valence-electron chi connectivity index (χ2n) is 4.82. The van der Waals surface area contributed by atoms with E-state index in [1.54, 1.807) is 0 Å². The van der Waals surface area contributed by atoms with Crippen molar-refractivity contribution in [3.63, 3.8) is 0 Å². The van der Waals surface area contributed by atoms with Gasteiger partial charge in [-0.15, -0.1) is 0 Å². The largest absolute Gasteiger partial charge is 0.492 e. The molecule has 0 aliphatic carbocycles. The Kier molecular flexibility index (Phi) is 7.92. The van der Waals surface area contributed by atoms with Gasteiger partial charge in [0, 0.05) is 6.61 Å². The maximum atomic E-state index is 10.9. The van der Waals surface area contributed by atoms with E-state index in [0.717, 1.165) is 38.5 Å². The van der Waals surface area contributed by atoms with Gasteiger partial charge in [-0.1, -0.05) is 25.7 Å². The maximum Gasteiger partial charge on any atom is 0.335 e. The summed E-state index contributed by atoms with van der Waals surface area (Å²) in [6.07, 6.45) is 5.95. The molecular formula is C16H21NO4. The third-order valence-corrected chi connectivity index (χ3v) is 3.16. The predicted octanol–water partition coefficient (Wildman–Crippen LogP) is 2.97. The number of carboxylic acids is 1. The van der Waals surface area contributed by atoms with E-state index >= 15 is 0 Å². The molecule has 0 heterocycles. The first-order valence-electron chi connectivity index (χ1n) is 7.20. The van der Waals surface area contributed by atoms with Gasteiger partial charge in [0.25, 0.3) is 0 Å². The number of nitrogens with zero attached hydrogens (tertiary/aromatic N) is 1. The van der Waals surface area contributed by atoms with Gasteiger partial charge in [0.1, 0.15) is 11.8 Å². The van der Waals surface area contributed by atoms with Crippen LogP contribution >= 0.6 is 0 Å². The fourth-order valence-corrected chi connectivity index (χ4v) is 1.97. The van der Waals surface area contributed by atoms with Crippen molar-refractivity contribution in [2.24, 2.45) is 0 Å². The van der Waals surface area contributed by atoms with E-state index in [9.17, 15) is 4.79 Å². The molecular weight excluding hydrogens is 270 g/mol. The van der Waals surface area contributed by atoms with Gasteiger partial charge in [-0.05, 0) is 31.0 Å². The van der Waals surface area contributed by atoms with Crippen LogP contribution in [-0.2, 0) is 0 Å². The molecule has 114 valence electrons. The fraction of sp³-hybridized carbons (Fsp3) is 0.500. The standard InChI is InChI=1S/C16H21NO4/c17-12-14-8-7-13(16(19)20)11-15(14)21-10-6-4-2-1-3-5-9-18/h7-8,11,18H,1-6,9-10H2,(H,19,20). The molecule has 0 aliphatic rings. The minimum Gasteiger partial charge on any atom is -0.492 e. The number of rotatable bonds is 10. The Morgan fingerprint density at radius 1 is 1.14 bits per heavy atom. The Morgan fingerprint density at radius 2 is 1.81 bits per heavy atom. The normalized spacial score (nSPS) is 10.1. The summed E-state index contributed by atoms with van der Waals surface area (Å²) < 4.78 is 5.52. The number of ether oxygens (including phenoxy) is 1. The molecule has 0 spiro atoms. The molecule has 0 amide bonds. The fourth-order valence-electron chi connectivity index (χ4n) is 1.97. The van der Waals surface area contributed by atoms with Gasteiger partial charge in [-0.25, -0.2) is 4.79 Å². The summed E-state index contributed by atoms with van der Waals surface area (Å²) in [6.45, 7) is 0.720. The topological polar surface area (TPSA) is 90.6 Å². The quantitative estimate of drug-likeness (QED) is 0.647. The first kappa shape index (κ1) is 17.0. The summed E-state index contributed by atoms with van der Waals surface area (Å²) in [7, 11) is 0. The van der Waals surface area contributed by atoms with E-state index in [4.69, 9.17) is 20.2 Å². The minimum atomic E-state index is -1.03. The molecule has 0 radical (unpaired) electrons. The lowest BCUT2D eigenvalue weighted by molar-refractivity contribution is 0.0696. The molecule has 0 aromatic heterocycles. The van der Waals surface area contributed by atoms with Crippen LogP contribution < -0.4 is 4.74 Å². The number of hydrogen-bond donors (Lipinski definition) is 2. The highest BCUT2D eigenvalue weighted by molar-refractivity contribution is 5.88. The zero-order valence-corrected chi connectivity index (χ0v) is 12.0. The van der Waals surface area contributed by atoms with Gasteiger partial charge in [-0.3, -0.25) is 0 Å². The molecule has 1 rings (SSSR count). The smallest absolute Gasteiger partial charge is 0.335 e. The second-order valence-corrected chi connectivity index (χ2v) is 4.82. The Morgan fingerprint density at radius 3 is 2.43 bits per heavy atom. The van der Waals surface area contributed by atoms with Crippen molar-refractivity contribution in [2.45, 2.75) is 38.5 Å². The second kappa shape index (κ2) is 9.78. The monoisotopic (exact) mass is 291 g/mol. The van der Waals surface area contributed by atoms with E-state index in [0.29, 0.717) is 17.9 Å². The van der Waals surface area contributed by atoms with Crippen LogP contribution in [0, 0.1) is 11.3 Å². The van der Waals surface area contributed by atoms with Gasteiger partial charge in [0.2, 0.25) is 0 Å². The Balaban J connectivity index is 2.36. The van der Waals surface area contributed by atoms with Gasteiger partial charge in [0.05, 0.1) is 17.7 Å². The molecule has 2 N–H and O–H groups in total. The van der Waals surface area contributed by atoms with Crippen LogP contribution in [0.1, 0.15) is 54.4 Å². The van der Waals surface area contributed by atoms with Crippen LogP contribution in [0.3, 0.4) is 0 Å². The summed E-state index contributed by atoms with van der Waals surface area (Å²) in [6, 6.07) is 6.25. The first-order valence-corrected chi connectivity index (χ1v) is 7.20. The van der Waals surface area contributed by atoms with Crippen molar-refractivity contribution in [2.75, 3.05) is 13.2 Å². The SMILES string of the molecule is N#Cc1ccc(C(=O)O)cc1OCCCCCCCCO. The van der Waals surface area contributed by atoms with Crippen LogP contribution in [0.2, 0.25) is 0 Å². The van der Waals surface area contributed by atoms with Crippen molar-refractivity contribution in [3.8, 4) is 11.8 Å². The maximum absolute atomic E-state index is 10.9. The number of benzene rings is 1. The molecule has 0 aliphatic heterocycles. The highest BCUT2D eigenvalue weighted by atomic mass is 16.5. The highest BCUT2D eigenvalue weighted by Gasteiger charge is 2.09. The summed E-state index contributed by atoms with van der Waals surface area (Å²) in [4.78, 5) is 10.9. The van der Waals surface area contributed by atoms with Crippen LogP contribution in [0.15, 0.2) is 18.2 Å². The lowest BCUT2D eigenvalue weighted by Crippen LogP contribution is -2.02. The van der Waals surface area contributed by atoms with E-state index in [1.807, 2.05) is 6.07 Å². The minimum absolute atomic E-state index is 0.119. The zero-order chi connectivity index (χ0) is 15.5. The third-order valence-electron chi connectivity index (χ3n) is 3.16. The summed E-state index contributed by atoms with van der Waals surface area (Å²) >= 11 is 0. The molecule has 0 saturated heterocycles. The lowest BCUT2D eigenvalue weighted by Gasteiger charge is -2.08. The molecule has 5 heteroatoms. The zero-order valence-electron chi connectivity index (χ0n) is 12.0. The molecule has 21 heavy (non-hydrogen) atoms. The summed E-state index contributed by atoms with van der Waals surface area (Å²) in [5, 5.41) is 26.6. The van der Waals surface area contributed by atoms with Crippen molar-refractivity contribution < 1.29 is 19.7 Å². The van der Waals surface area contributed by atoms with Gasteiger partial charge >= 0.3 is 5.97 Å². The average Bonchev–Trinajstić information content (AvgIpc) is 2.49. The number of carboxylic acid groups (broad SMARTS) is 1. The summed E-state index contributed by atoms with van der Waals surface area (Å²) in [5.74, 6) is -0.703. The van der Waals surface area contributed by atoms with Crippen LogP contribution in [0.4, 0.5) is 0 Å². The number of hydrogen-bond acceptors (Lipinski definition) is 4. The number of aromatic carboxylic acids is 1. The van der Waals surface area contributed by atoms with Crippen molar-refractivity contribution in [1.82, 2.24) is 0 Å². The third kappa shape index (κ3) is 6.28. The van der Waals surface area contributed by atoms with Crippen molar-refractivity contribution in [1.29, 1.82) is 5.26 Å². The number of aliphatic hydroxyl groups excluding tert-OH is 1. The van der Waals surface area contributed by atoms with E-state index < -0.39 is 5.97 Å². The molecule has 0 saturated carbocycles. The molecule has 1 aromatic carbocycles. The predicted molar refractivity (Wildman–Crippen MR) is 78.4 cm³/mol. The molecule has 5 nitrogen and oxygen atoms in total. The molecule has 1 aromatic rings. The Labute approximate surface area is 124 Å². The van der Waals surface area contributed by atoms with E-state index in [-0.39, 0.29) is 12.2 Å². The van der Waals surface area contributed by atoms with Gasteiger partial charge < -0.3 is 14.9 Å². The van der Waals surface area contributed by atoms with Crippen molar-refractivity contribution in [3.05, 3.63) is 29.3 Å². The number of unbranched alkanes of at least 4 members (excludes halogenated alkanes) is 5. The van der Waals surface area contributed by atoms with Crippen LogP contribution in [0.5, 0.6) is 5.75 Å². The molecule has 0 bridgehead atoms. The first-order chi connectivity index (χ1) is 10.2. The Bertz CT molecular complexity index is 494. The molecule has 0 atom stereocenters. The Hall–Kier alpha value is -2.06. The molecule has 0 fully saturated rings. The number of aliphatic hydroxyl groups is 1. The molecule has 0 unspecified atom stereocenters. The van der Waals surface area contributed by atoms with Crippen molar-refractivity contribution >= 4 is 5.97 Å². The van der Waals surface area contributed by atoms with Gasteiger partial charge in [-0.2, -0.15) is 5.26 Å². The summed E-state index contributed by atoms with van der Waals surface area (Å²) in [5.41, 5.74) is 0.468.